The fourth-order valence-corrected chi connectivity index (χ4v) is 6.30. The summed E-state index contributed by atoms with van der Waals surface area (Å²) in [5, 5.41) is 27.0. The minimum Gasteiger partial charge on any atom is -0.309 e. The zero-order chi connectivity index (χ0) is 26.8. The summed E-state index contributed by atoms with van der Waals surface area (Å²) in [6.45, 7) is 0. The van der Waals surface area contributed by atoms with Crippen molar-refractivity contribution in [2.75, 3.05) is 0 Å². The lowest BCUT2D eigenvalue weighted by Crippen LogP contribution is -2.01. The van der Waals surface area contributed by atoms with Crippen LogP contribution in [0.4, 0.5) is 0 Å². The number of nitriles is 2. The molecule has 6 aromatic carbocycles. The van der Waals surface area contributed by atoms with Gasteiger partial charge in [-0.2, -0.15) is 10.5 Å². The molecule has 0 aliphatic rings. The number of aromatic nitrogens is 2. The molecule has 0 atom stereocenters. The van der Waals surface area contributed by atoms with Gasteiger partial charge in [-0.05, 0) is 53.2 Å². The molecular formula is C36H20N4. The zero-order valence-corrected chi connectivity index (χ0v) is 21.3. The predicted octanol–water partition coefficient (Wildman–Crippen LogP) is 8.78. The van der Waals surface area contributed by atoms with E-state index in [-0.39, 0.29) is 0 Å². The Balaban J connectivity index is 1.61. The molecule has 4 heteroatoms. The second-order valence-electron chi connectivity index (χ2n) is 10.0. The molecule has 0 aliphatic carbocycles. The molecule has 2 aromatic heterocycles. The Labute approximate surface area is 229 Å². The lowest BCUT2D eigenvalue weighted by Gasteiger charge is -2.12. The summed E-state index contributed by atoms with van der Waals surface area (Å²) in [6, 6.07) is 46.1. The van der Waals surface area contributed by atoms with E-state index in [9.17, 15) is 10.5 Å². The molecule has 0 unspecified atom stereocenters. The summed E-state index contributed by atoms with van der Waals surface area (Å²) in [7, 11) is 0. The molecule has 0 saturated heterocycles. The van der Waals surface area contributed by atoms with E-state index in [1.807, 2.05) is 6.07 Å². The summed E-state index contributed by atoms with van der Waals surface area (Å²) in [4.78, 5) is 0. The van der Waals surface area contributed by atoms with Crippen LogP contribution < -0.4 is 0 Å². The molecule has 2 heterocycles. The van der Waals surface area contributed by atoms with Crippen LogP contribution in [0.2, 0.25) is 0 Å². The molecule has 0 fully saturated rings. The van der Waals surface area contributed by atoms with Crippen molar-refractivity contribution in [2.24, 2.45) is 0 Å². The van der Waals surface area contributed by atoms with Crippen molar-refractivity contribution in [3.05, 3.63) is 132 Å². The SMILES string of the molecule is N#Cc1cccc(C#N)c1-n1c2ccccc2c2c1ccc1c3ccccc3n(-c3ccc4ccccc4c3)c12. The Kier molecular flexibility index (Phi) is 4.62. The van der Waals surface area contributed by atoms with Gasteiger partial charge in [0.1, 0.15) is 12.1 Å². The third-order valence-electron chi connectivity index (χ3n) is 7.96. The molecule has 0 radical (unpaired) electrons. The highest BCUT2D eigenvalue weighted by molar-refractivity contribution is 6.26. The van der Waals surface area contributed by atoms with Gasteiger partial charge in [0.2, 0.25) is 0 Å². The van der Waals surface area contributed by atoms with Crippen molar-refractivity contribution in [3.63, 3.8) is 0 Å². The maximum absolute atomic E-state index is 10.1. The number of hydrogen-bond donors (Lipinski definition) is 0. The average molecular weight is 509 g/mol. The highest BCUT2D eigenvalue weighted by atomic mass is 15.0. The van der Waals surface area contributed by atoms with Crippen LogP contribution in [-0.2, 0) is 0 Å². The number of benzene rings is 6. The van der Waals surface area contributed by atoms with Crippen LogP contribution in [0.5, 0.6) is 0 Å². The Morgan fingerprint density at radius 1 is 0.475 bits per heavy atom. The summed E-state index contributed by atoms with van der Waals surface area (Å²) >= 11 is 0. The molecule has 0 amide bonds. The maximum Gasteiger partial charge on any atom is 0.101 e. The van der Waals surface area contributed by atoms with Gasteiger partial charge in [0, 0.05) is 27.2 Å². The Morgan fingerprint density at radius 3 is 1.88 bits per heavy atom. The van der Waals surface area contributed by atoms with E-state index in [1.165, 1.54) is 16.2 Å². The molecule has 4 nitrogen and oxygen atoms in total. The zero-order valence-electron chi connectivity index (χ0n) is 21.3. The van der Waals surface area contributed by atoms with Crippen LogP contribution in [0, 0.1) is 22.7 Å². The van der Waals surface area contributed by atoms with Gasteiger partial charge in [-0.1, -0.05) is 78.9 Å². The van der Waals surface area contributed by atoms with Crippen LogP contribution >= 0.6 is 0 Å². The standard InChI is InChI=1S/C36H20N4/c37-21-25-10-7-11-26(22-38)35(25)40-32-15-6-4-13-30(32)34-33(40)19-18-29-28-12-3-5-14-31(28)39(36(29)34)27-17-16-23-8-1-2-9-24(23)20-27/h1-20H. The van der Waals surface area contributed by atoms with E-state index in [0.717, 1.165) is 43.9 Å². The van der Waals surface area contributed by atoms with Crippen molar-refractivity contribution in [1.82, 2.24) is 9.13 Å². The fraction of sp³-hybridized carbons (Fsp3) is 0. The Bertz CT molecular complexity index is 2370. The van der Waals surface area contributed by atoms with Crippen LogP contribution in [0.1, 0.15) is 11.1 Å². The lowest BCUT2D eigenvalue weighted by atomic mass is 10.1. The van der Waals surface area contributed by atoms with Gasteiger partial charge in [-0.15, -0.1) is 0 Å². The van der Waals surface area contributed by atoms with E-state index in [4.69, 9.17) is 0 Å². The van der Waals surface area contributed by atoms with Crippen molar-refractivity contribution in [2.45, 2.75) is 0 Å². The monoisotopic (exact) mass is 508 g/mol. The Morgan fingerprint density at radius 2 is 1.12 bits per heavy atom. The van der Waals surface area contributed by atoms with E-state index in [2.05, 4.69) is 118 Å². The molecule has 184 valence electrons. The van der Waals surface area contributed by atoms with Gasteiger partial charge in [0.25, 0.3) is 0 Å². The summed E-state index contributed by atoms with van der Waals surface area (Å²) in [5.74, 6) is 0. The van der Waals surface area contributed by atoms with Crippen LogP contribution in [0.3, 0.4) is 0 Å². The van der Waals surface area contributed by atoms with E-state index in [0.29, 0.717) is 16.8 Å². The normalized spacial score (nSPS) is 11.4. The van der Waals surface area contributed by atoms with Gasteiger partial charge in [-0.25, -0.2) is 0 Å². The van der Waals surface area contributed by atoms with Gasteiger partial charge in [-0.3, -0.25) is 0 Å². The third kappa shape index (κ3) is 2.93. The third-order valence-corrected chi connectivity index (χ3v) is 7.96. The first-order valence-corrected chi connectivity index (χ1v) is 13.2. The molecule has 0 N–H and O–H groups in total. The largest absolute Gasteiger partial charge is 0.309 e. The van der Waals surface area contributed by atoms with E-state index >= 15 is 0 Å². The van der Waals surface area contributed by atoms with Crippen molar-refractivity contribution < 1.29 is 0 Å². The predicted molar refractivity (Wildman–Crippen MR) is 162 cm³/mol. The maximum atomic E-state index is 10.1. The summed E-state index contributed by atoms with van der Waals surface area (Å²) in [6.07, 6.45) is 0. The molecule has 0 bridgehead atoms. The van der Waals surface area contributed by atoms with Crippen LogP contribution in [-0.4, -0.2) is 9.13 Å². The first-order valence-electron chi connectivity index (χ1n) is 13.2. The van der Waals surface area contributed by atoms with Gasteiger partial charge in [0.15, 0.2) is 0 Å². The van der Waals surface area contributed by atoms with E-state index < -0.39 is 0 Å². The summed E-state index contributed by atoms with van der Waals surface area (Å²) in [5.41, 5.74) is 6.80. The fourth-order valence-electron chi connectivity index (χ4n) is 6.30. The quantitative estimate of drug-likeness (QED) is 0.234. The number of fused-ring (bicyclic) bond motifs is 8. The molecule has 8 aromatic rings. The van der Waals surface area contributed by atoms with Gasteiger partial charge < -0.3 is 9.13 Å². The highest BCUT2D eigenvalue weighted by Gasteiger charge is 2.22. The topological polar surface area (TPSA) is 57.4 Å². The van der Waals surface area contributed by atoms with E-state index in [1.54, 1.807) is 18.2 Å². The number of hydrogen-bond acceptors (Lipinski definition) is 2. The highest BCUT2D eigenvalue weighted by Crippen LogP contribution is 2.42. The van der Waals surface area contributed by atoms with Gasteiger partial charge >= 0.3 is 0 Å². The summed E-state index contributed by atoms with van der Waals surface area (Å²) < 4.78 is 4.45. The molecular weight excluding hydrogens is 488 g/mol. The van der Waals surface area contributed by atoms with Crippen molar-refractivity contribution in [3.8, 4) is 23.5 Å². The first-order chi connectivity index (χ1) is 19.8. The van der Waals surface area contributed by atoms with Crippen LogP contribution in [0.25, 0.3) is 65.8 Å². The number of para-hydroxylation sites is 3. The molecule has 0 spiro atoms. The minimum atomic E-state index is 0.469. The number of rotatable bonds is 2. The molecule has 40 heavy (non-hydrogen) atoms. The molecule has 8 rings (SSSR count). The lowest BCUT2D eigenvalue weighted by molar-refractivity contribution is 1.15. The molecule has 0 saturated carbocycles. The second kappa shape index (κ2) is 8.33. The van der Waals surface area contributed by atoms with Crippen molar-refractivity contribution in [1.29, 1.82) is 10.5 Å². The van der Waals surface area contributed by atoms with Crippen molar-refractivity contribution >= 4 is 54.4 Å². The van der Waals surface area contributed by atoms with Crippen LogP contribution in [0.15, 0.2) is 121 Å². The smallest absolute Gasteiger partial charge is 0.101 e. The number of nitrogens with zero attached hydrogens (tertiary/aromatic N) is 4. The average Bonchev–Trinajstić information content (AvgIpc) is 3.53. The molecule has 0 aliphatic heterocycles. The van der Waals surface area contributed by atoms with Gasteiger partial charge in [0.05, 0.1) is 38.9 Å². The Hall–Kier alpha value is -5.84. The second-order valence-corrected chi connectivity index (χ2v) is 10.0. The minimum absolute atomic E-state index is 0.469. The first kappa shape index (κ1) is 22.2.